The maximum Gasteiger partial charge on any atom is 0.258 e. The van der Waals surface area contributed by atoms with Gasteiger partial charge in [-0.3, -0.25) is 4.79 Å². The molecule has 0 radical (unpaired) electrons. The SMILES string of the molecule is Cc1cc(Cl)ccc1OCC(=O)N[C@@H](C)C12CC3CC(CC(C3)C1)C2. The van der Waals surface area contributed by atoms with Crippen molar-refractivity contribution in [1.29, 1.82) is 0 Å². The maximum atomic E-state index is 12.4. The summed E-state index contributed by atoms with van der Waals surface area (Å²) in [4.78, 5) is 12.4. The van der Waals surface area contributed by atoms with E-state index in [1.54, 1.807) is 6.07 Å². The first kappa shape index (κ1) is 17.2. The van der Waals surface area contributed by atoms with Gasteiger partial charge < -0.3 is 10.1 Å². The zero-order valence-electron chi connectivity index (χ0n) is 15.2. The zero-order chi connectivity index (χ0) is 17.6. The van der Waals surface area contributed by atoms with E-state index >= 15 is 0 Å². The van der Waals surface area contributed by atoms with Crippen LogP contribution in [0.15, 0.2) is 18.2 Å². The van der Waals surface area contributed by atoms with Crippen LogP contribution in [0.25, 0.3) is 0 Å². The van der Waals surface area contributed by atoms with Crippen LogP contribution in [-0.4, -0.2) is 18.6 Å². The molecule has 0 unspecified atom stereocenters. The van der Waals surface area contributed by atoms with Gasteiger partial charge in [0, 0.05) is 11.1 Å². The van der Waals surface area contributed by atoms with Gasteiger partial charge in [-0.15, -0.1) is 0 Å². The van der Waals surface area contributed by atoms with E-state index < -0.39 is 0 Å². The minimum atomic E-state index is -0.0161. The summed E-state index contributed by atoms with van der Waals surface area (Å²) >= 11 is 5.96. The van der Waals surface area contributed by atoms with Crippen molar-refractivity contribution in [2.45, 2.75) is 58.4 Å². The summed E-state index contributed by atoms with van der Waals surface area (Å²) in [5.41, 5.74) is 1.29. The second-order valence-electron chi connectivity index (χ2n) is 8.77. The lowest BCUT2D eigenvalue weighted by Crippen LogP contribution is -2.56. The average molecular weight is 362 g/mol. The van der Waals surface area contributed by atoms with Crippen LogP contribution >= 0.6 is 11.6 Å². The average Bonchev–Trinajstić information content (AvgIpc) is 2.52. The smallest absolute Gasteiger partial charge is 0.258 e. The van der Waals surface area contributed by atoms with Crippen LogP contribution in [0.2, 0.25) is 5.02 Å². The Kier molecular flexibility index (Phi) is 4.47. The molecule has 0 saturated heterocycles. The summed E-state index contributed by atoms with van der Waals surface area (Å²) in [7, 11) is 0. The van der Waals surface area contributed by atoms with E-state index in [2.05, 4.69) is 12.2 Å². The topological polar surface area (TPSA) is 38.3 Å². The molecule has 1 amide bonds. The summed E-state index contributed by atoms with van der Waals surface area (Å²) in [6, 6.07) is 5.71. The standard InChI is InChI=1S/C21H28ClNO2/c1-13-5-18(22)3-4-19(13)25-12-20(24)23-14(2)21-9-15-6-16(10-21)8-17(7-15)11-21/h3-5,14-17H,6-12H2,1-2H3,(H,23,24)/t14-,15?,16?,17?,21?/m0/s1. The molecule has 3 nitrogen and oxygen atoms in total. The molecule has 0 heterocycles. The Morgan fingerprint density at radius 3 is 2.40 bits per heavy atom. The van der Waals surface area contributed by atoms with Crippen molar-refractivity contribution in [2.24, 2.45) is 23.2 Å². The molecule has 0 aromatic heterocycles. The van der Waals surface area contributed by atoms with Crippen molar-refractivity contribution in [2.75, 3.05) is 6.61 Å². The van der Waals surface area contributed by atoms with E-state index in [4.69, 9.17) is 16.3 Å². The molecule has 4 aliphatic carbocycles. The largest absolute Gasteiger partial charge is 0.484 e. The Labute approximate surface area is 155 Å². The van der Waals surface area contributed by atoms with Gasteiger partial charge in [-0.1, -0.05) is 11.6 Å². The lowest BCUT2D eigenvalue weighted by molar-refractivity contribution is -0.127. The van der Waals surface area contributed by atoms with Crippen molar-refractivity contribution < 1.29 is 9.53 Å². The van der Waals surface area contributed by atoms with Crippen LogP contribution in [0.3, 0.4) is 0 Å². The molecule has 4 heteroatoms. The first-order valence-corrected chi connectivity index (χ1v) is 10.00. The molecule has 4 saturated carbocycles. The van der Waals surface area contributed by atoms with Gasteiger partial charge in [-0.2, -0.15) is 0 Å². The van der Waals surface area contributed by atoms with Crippen LogP contribution in [0.1, 0.15) is 51.0 Å². The fourth-order valence-electron chi connectivity index (χ4n) is 6.06. The quantitative estimate of drug-likeness (QED) is 0.821. The number of amides is 1. The Morgan fingerprint density at radius 1 is 1.24 bits per heavy atom. The molecule has 4 aliphatic rings. The first-order chi connectivity index (χ1) is 11.9. The number of hydrogen-bond donors (Lipinski definition) is 1. The molecule has 136 valence electrons. The summed E-state index contributed by atoms with van der Waals surface area (Å²) in [5, 5.41) is 3.93. The molecule has 0 spiro atoms. The van der Waals surface area contributed by atoms with Gasteiger partial charge in [0.05, 0.1) is 0 Å². The lowest BCUT2D eigenvalue weighted by atomic mass is 9.48. The fourth-order valence-corrected chi connectivity index (χ4v) is 6.29. The van der Waals surface area contributed by atoms with Crippen LogP contribution in [0, 0.1) is 30.1 Å². The van der Waals surface area contributed by atoms with Crippen LogP contribution in [0.4, 0.5) is 0 Å². The molecule has 1 atom stereocenters. The van der Waals surface area contributed by atoms with Gasteiger partial charge in [0.1, 0.15) is 5.75 Å². The fraction of sp³-hybridized carbons (Fsp3) is 0.667. The highest BCUT2D eigenvalue weighted by Gasteiger charge is 2.53. The Balaban J connectivity index is 1.34. The maximum absolute atomic E-state index is 12.4. The highest BCUT2D eigenvalue weighted by molar-refractivity contribution is 6.30. The summed E-state index contributed by atoms with van der Waals surface area (Å²) in [5.74, 6) is 3.41. The van der Waals surface area contributed by atoms with Crippen LogP contribution in [-0.2, 0) is 4.79 Å². The van der Waals surface area contributed by atoms with Gasteiger partial charge in [0.2, 0.25) is 0 Å². The molecule has 0 aliphatic heterocycles. The van der Waals surface area contributed by atoms with E-state index in [-0.39, 0.29) is 18.6 Å². The second-order valence-corrected chi connectivity index (χ2v) is 9.20. The monoisotopic (exact) mass is 361 g/mol. The molecule has 5 rings (SSSR count). The van der Waals surface area contributed by atoms with Crippen molar-refractivity contribution in [3.05, 3.63) is 28.8 Å². The van der Waals surface area contributed by atoms with Crippen molar-refractivity contribution in [3.63, 3.8) is 0 Å². The minimum Gasteiger partial charge on any atom is -0.484 e. The summed E-state index contributed by atoms with van der Waals surface area (Å²) < 4.78 is 5.70. The highest BCUT2D eigenvalue weighted by atomic mass is 35.5. The number of halogens is 1. The number of carbonyl (C=O) groups excluding carboxylic acids is 1. The number of aryl methyl sites for hydroxylation is 1. The van der Waals surface area contributed by atoms with Gasteiger partial charge in [0.15, 0.2) is 6.61 Å². The minimum absolute atomic E-state index is 0.0161. The summed E-state index contributed by atoms with van der Waals surface area (Å²) in [6.07, 6.45) is 8.20. The molecule has 1 N–H and O–H groups in total. The van der Waals surface area contributed by atoms with Gasteiger partial charge >= 0.3 is 0 Å². The Morgan fingerprint density at radius 2 is 1.84 bits per heavy atom. The number of carbonyl (C=O) groups is 1. The van der Waals surface area contributed by atoms with Crippen molar-refractivity contribution in [1.82, 2.24) is 5.32 Å². The number of hydrogen-bond acceptors (Lipinski definition) is 2. The third-order valence-corrected chi connectivity index (χ3v) is 7.11. The van der Waals surface area contributed by atoms with Crippen molar-refractivity contribution >= 4 is 17.5 Å². The van der Waals surface area contributed by atoms with Crippen LogP contribution in [0.5, 0.6) is 5.75 Å². The van der Waals surface area contributed by atoms with E-state index in [0.29, 0.717) is 10.4 Å². The number of benzene rings is 1. The molecule has 1 aromatic rings. The number of ether oxygens (including phenoxy) is 1. The molecule has 4 fully saturated rings. The second kappa shape index (κ2) is 6.50. The van der Waals surface area contributed by atoms with E-state index in [0.717, 1.165) is 29.1 Å². The van der Waals surface area contributed by atoms with Gasteiger partial charge in [-0.05, 0) is 99.3 Å². The van der Waals surface area contributed by atoms with Gasteiger partial charge in [0.25, 0.3) is 5.91 Å². The lowest BCUT2D eigenvalue weighted by Gasteiger charge is -2.59. The predicted octanol–water partition coefficient (Wildman–Crippen LogP) is 4.75. The third-order valence-electron chi connectivity index (χ3n) is 6.88. The van der Waals surface area contributed by atoms with Crippen molar-refractivity contribution in [3.8, 4) is 5.75 Å². The molecule has 4 bridgehead atoms. The normalized spacial score (nSPS) is 34.0. The third kappa shape index (κ3) is 3.40. The molecule has 25 heavy (non-hydrogen) atoms. The molecule has 1 aromatic carbocycles. The van der Waals surface area contributed by atoms with E-state index in [1.807, 2.05) is 19.1 Å². The zero-order valence-corrected chi connectivity index (χ0v) is 15.9. The van der Waals surface area contributed by atoms with Gasteiger partial charge in [-0.25, -0.2) is 0 Å². The molecular formula is C21H28ClNO2. The van der Waals surface area contributed by atoms with E-state index in [1.165, 1.54) is 38.5 Å². The Hall–Kier alpha value is -1.22. The number of rotatable bonds is 5. The molecular weight excluding hydrogens is 334 g/mol. The number of nitrogens with one attached hydrogen (secondary N) is 1. The highest BCUT2D eigenvalue weighted by Crippen LogP contribution is 2.61. The summed E-state index contributed by atoms with van der Waals surface area (Å²) in [6.45, 7) is 4.22. The van der Waals surface area contributed by atoms with Crippen LogP contribution < -0.4 is 10.1 Å². The van der Waals surface area contributed by atoms with E-state index in [9.17, 15) is 4.79 Å². The first-order valence-electron chi connectivity index (χ1n) is 9.62. The predicted molar refractivity (Wildman–Crippen MR) is 99.9 cm³/mol. The Bertz CT molecular complexity index is 637.